The molecule has 0 aliphatic heterocycles. The summed E-state index contributed by atoms with van der Waals surface area (Å²) >= 11 is 0. The minimum absolute atomic E-state index is 0.166. The maximum Gasteiger partial charge on any atom is 0.411 e. The van der Waals surface area contributed by atoms with Gasteiger partial charge in [0, 0.05) is 0 Å². The molecule has 98 valence electrons. The van der Waals surface area contributed by atoms with Gasteiger partial charge in [0.15, 0.2) is 0 Å². The Hall–Kier alpha value is -1.83. The van der Waals surface area contributed by atoms with Crippen LogP contribution in [0.15, 0.2) is 73.3 Å². The van der Waals surface area contributed by atoms with E-state index < -0.39 is 7.60 Å². The molecule has 0 bridgehead atoms. The van der Waals surface area contributed by atoms with Crippen LogP contribution in [-0.2, 0) is 9.09 Å². The van der Waals surface area contributed by atoms with Crippen LogP contribution in [0, 0.1) is 0 Å². The van der Waals surface area contributed by atoms with Crippen molar-refractivity contribution in [3.8, 4) is 5.75 Å². The smallest absolute Gasteiger partial charge is 0.411 e. The summed E-state index contributed by atoms with van der Waals surface area (Å²) in [7, 11) is -3.38. The molecule has 0 N–H and O–H groups in total. The van der Waals surface area contributed by atoms with Gasteiger partial charge in [0.2, 0.25) is 0 Å². The summed E-state index contributed by atoms with van der Waals surface area (Å²) in [6, 6.07) is 17.9. The molecule has 3 nitrogen and oxygen atoms in total. The van der Waals surface area contributed by atoms with Gasteiger partial charge in [-0.1, -0.05) is 42.5 Å². The van der Waals surface area contributed by atoms with Crippen molar-refractivity contribution >= 4 is 12.9 Å². The number of hydrogen-bond donors (Lipinski definition) is 0. The SMILES string of the molecule is C=CCOP(=O)(Oc1ccccc1)c1ccccc1. The maximum atomic E-state index is 12.9. The zero-order valence-electron chi connectivity index (χ0n) is 10.4. The van der Waals surface area contributed by atoms with Crippen molar-refractivity contribution in [1.29, 1.82) is 0 Å². The van der Waals surface area contributed by atoms with E-state index >= 15 is 0 Å². The summed E-state index contributed by atoms with van der Waals surface area (Å²) in [6.07, 6.45) is 1.55. The summed E-state index contributed by atoms with van der Waals surface area (Å²) in [4.78, 5) is 0. The Morgan fingerprint density at radius 1 is 1.00 bits per heavy atom. The van der Waals surface area contributed by atoms with Crippen LogP contribution in [0.3, 0.4) is 0 Å². The quantitative estimate of drug-likeness (QED) is 0.594. The van der Waals surface area contributed by atoms with Crippen LogP contribution in [0.25, 0.3) is 0 Å². The molecule has 0 aliphatic rings. The molecule has 0 fully saturated rings. The van der Waals surface area contributed by atoms with E-state index in [4.69, 9.17) is 9.05 Å². The van der Waals surface area contributed by atoms with E-state index in [1.165, 1.54) is 0 Å². The largest absolute Gasteiger partial charge is 0.421 e. The van der Waals surface area contributed by atoms with Gasteiger partial charge in [-0.15, -0.1) is 6.58 Å². The third-order valence-electron chi connectivity index (χ3n) is 2.40. The number of hydrogen-bond acceptors (Lipinski definition) is 3. The highest BCUT2D eigenvalue weighted by molar-refractivity contribution is 7.62. The van der Waals surface area contributed by atoms with E-state index in [9.17, 15) is 4.57 Å². The zero-order chi connectivity index (χ0) is 13.6. The van der Waals surface area contributed by atoms with E-state index in [1.807, 2.05) is 24.3 Å². The molecule has 4 heteroatoms. The fourth-order valence-electron chi connectivity index (χ4n) is 1.54. The van der Waals surface area contributed by atoms with Gasteiger partial charge in [-0.25, -0.2) is 4.57 Å². The number of para-hydroxylation sites is 1. The van der Waals surface area contributed by atoms with Gasteiger partial charge in [0.1, 0.15) is 5.75 Å². The predicted octanol–water partition coefficient (Wildman–Crippen LogP) is 3.79. The molecule has 0 amide bonds. The van der Waals surface area contributed by atoms with Crippen LogP contribution in [0.4, 0.5) is 0 Å². The highest BCUT2D eigenvalue weighted by atomic mass is 31.2. The first-order valence-electron chi connectivity index (χ1n) is 5.90. The summed E-state index contributed by atoms with van der Waals surface area (Å²) in [5.74, 6) is 0.513. The molecule has 0 heterocycles. The second kappa shape index (κ2) is 6.37. The normalized spacial score (nSPS) is 13.5. The van der Waals surface area contributed by atoms with Gasteiger partial charge in [-0.3, -0.25) is 4.52 Å². The minimum Gasteiger partial charge on any atom is -0.421 e. The van der Waals surface area contributed by atoms with Crippen LogP contribution in [0.2, 0.25) is 0 Å². The molecule has 1 unspecified atom stereocenters. The molecule has 0 aromatic heterocycles. The standard InChI is InChI=1S/C15H15O3P/c1-2-13-17-19(16,15-11-7-4-8-12-15)18-14-9-5-3-6-10-14/h2-12H,1,13H2. The van der Waals surface area contributed by atoms with Gasteiger partial charge in [-0.2, -0.15) is 0 Å². The average molecular weight is 274 g/mol. The topological polar surface area (TPSA) is 35.5 Å². The first kappa shape index (κ1) is 13.6. The molecular weight excluding hydrogens is 259 g/mol. The second-order valence-electron chi connectivity index (χ2n) is 3.82. The molecule has 0 saturated carbocycles. The molecule has 2 rings (SSSR count). The summed E-state index contributed by atoms with van der Waals surface area (Å²) in [5, 5.41) is 0.528. The predicted molar refractivity (Wildman–Crippen MR) is 76.9 cm³/mol. The fraction of sp³-hybridized carbons (Fsp3) is 0.0667. The Morgan fingerprint density at radius 2 is 1.58 bits per heavy atom. The lowest BCUT2D eigenvalue weighted by Gasteiger charge is -2.18. The van der Waals surface area contributed by atoms with E-state index in [-0.39, 0.29) is 6.61 Å². The lowest BCUT2D eigenvalue weighted by Crippen LogP contribution is -2.12. The highest BCUT2D eigenvalue weighted by Crippen LogP contribution is 2.47. The van der Waals surface area contributed by atoms with Crippen molar-refractivity contribution in [2.45, 2.75) is 0 Å². The Labute approximate surface area is 113 Å². The van der Waals surface area contributed by atoms with E-state index in [0.717, 1.165) is 0 Å². The lowest BCUT2D eigenvalue weighted by atomic mass is 10.3. The first-order valence-corrected chi connectivity index (χ1v) is 7.44. The summed E-state index contributed by atoms with van der Waals surface area (Å²) in [5.41, 5.74) is 0. The van der Waals surface area contributed by atoms with E-state index in [1.54, 1.807) is 42.5 Å². The summed E-state index contributed by atoms with van der Waals surface area (Å²) < 4.78 is 23.8. The summed E-state index contributed by atoms with van der Waals surface area (Å²) in [6.45, 7) is 3.73. The fourth-order valence-corrected chi connectivity index (χ4v) is 3.08. The maximum absolute atomic E-state index is 12.9. The third-order valence-corrected chi connectivity index (χ3v) is 4.27. The van der Waals surface area contributed by atoms with Crippen molar-refractivity contribution in [3.63, 3.8) is 0 Å². The van der Waals surface area contributed by atoms with Crippen molar-refractivity contribution in [1.82, 2.24) is 0 Å². The van der Waals surface area contributed by atoms with Crippen molar-refractivity contribution in [3.05, 3.63) is 73.3 Å². The number of benzene rings is 2. The Kier molecular flexibility index (Phi) is 4.56. The first-order chi connectivity index (χ1) is 9.24. The molecule has 19 heavy (non-hydrogen) atoms. The zero-order valence-corrected chi connectivity index (χ0v) is 11.3. The third kappa shape index (κ3) is 3.57. The van der Waals surface area contributed by atoms with Crippen LogP contribution < -0.4 is 9.83 Å². The van der Waals surface area contributed by atoms with Gasteiger partial charge < -0.3 is 4.52 Å². The van der Waals surface area contributed by atoms with Crippen LogP contribution >= 0.6 is 7.60 Å². The monoisotopic (exact) mass is 274 g/mol. The molecular formula is C15H15O3P. The van der Waals surface area contributed by atoms with Gasteiger partial charge in [0.05, 0.1) is 11.9 Å². The van der Waals surface area contributed by atoms with Crippen molar-refractivity contribution in [2.24, 2.45) is 0 Å². The van der Waals surface area contributed by atoms with Gasteiger partial charge in [0.25, 0.3) is 0 Å². The average Bonchev–Trinajstić information content (AvgIpc) is 2.47. The van der Waals surface area contributed by atoms with Crippen molar-refractivity contribution in [2.75, 3.05) is 6.61 Å². The molecule has 1 atom stereocenters. The van der Waals surface area contributed by atoms with Crippen LogP contribution in [0.5, 0.6) is 5.75 Å². The van der Waals surface area contributed by atoms with Gasteiger partial charge in [-0.05, 0) is 24.3 Å². The van der Waals surface area contributed by atoms with Crippen LogP contribution in [0.1, 0.15) is 0 Å². The van der Waals surface area contributed by atoms with Crippen LogP contribution in [-0.4, -0.2) is 6.61 Å². The van der Waals surface area contributed by atoms with Crippen molar-refractivity contribution < 1.29 is 13.6 Å². The van der Waals surface area contributed by atoms with Gasteiger partial charge >= 0.3 is 7.60 Å². The molecule has 0 saturated heterocycles. The molecule has 2 aromatic carbocycles. The van der Waals surface area contributed by atoms with E-state index in [2.05, 4.69) is 6.58 Å². The lowest BCUT2D eigenvalue weighted by molar-refractivity contribution is 0.304. The minimum atomic E-state index is -3.38. The second-order valence-corrected chi connectivity index (χ2v) is 5.77. The molecule has 2 aromatic rings. The molecule has 0 radical (unpaired) electrons. The Morgan fingerprint density at radius 3 is 2.16 bits per heavy atom. The number of rotatable bonds is 6. The Balaban J connectivity index is 2.30. The molecule has 0 aliphatic carbocycles. The molecule has 0 spiro atoms. The highest BCUT2D eigenvalue weighted by Gasteiger charge is 2.28. The van der Waals surface area contributed by atoms with E-state index in [0.29, 0.717) is 11.1 Å². The Bertz CT molecular complexity index is 566.